The third kappa shape index (κ3) is 5.88. The lowest BCUT2D eigenvalue weighted by Gasteiger charge is -2.57. The first-order valence-electron chi connectivity index (χ1n) is 12.3. The molecule has 4 rings (SSSR count). The van der Waals surface area contributed by atoms with Crippen LogP contribution >= 0.6 is 0 Å². The lowest BCUT2D eigenvalue weighted by molar-refractivity contribution is -0.140. The van der Waals surface area contributed by atoms with E-state index in [1.807, 2.05) is 35.2 Å². The first-order chi connectivity index (χ1) is 16.7. The fourth-order valence-corrected chi connectivity index (χ4v) is 5.49. The van der Waals surface area contributed by atoms with Crippen molar-refractivity contribution >= 4 is 5.91 Å². The summed E-state index contributed by atoms with van der Waals surface area (Å²) in [6.45, 7) is 2.17. The molecule has 0 saturated carbocycles. The highest BCUT2D eigenvalue weighted by Gasteiger charge is 2.49. The lowest BCUT2D eigenvalue weighted by atomic mass is 9.74. The SMILES string of the molecule is CN(C)C(=O)c1cccc(-c2ccc([C@@H]3[C@@H](CO)N4CCCCN(CCC(F)(F)F)C[C@H]34)cc2)c1. The van der Waals surface area contributed by atoms with Crippen molar-refractivity contribution in [2.24, 2.45) is 0 Å². The molecule has 3 atom stereocenters. The molecule has 0 aromatic heterocycles. The zero-order chi connectivity index (χ0) is 25.2. The summed E-state index contributed by atoms with van der Waals surface area (Å²) in [6.07, 6.45) is -3.16. The predicted molar refractivity (Wildman–Crippen MR) is 130 cm³/mol. The second-order valence-corrected chi connectivity index (χ2v) is 9.86. The van der Waals surface area contributed by atoms with E-state index in [9.17, 15) is 23.1 Å². The molecule has 2 aliphatic rings. The Balaban J connectivity index is 1.52. The molecule has 2 fully saturated rings. The Labute approximate surface area is 205 Å². The molecule has 2 heterocycles. The third-order valence-electron chi connectivity index (χ3n) is 7.31. The van der Waals surface area contributed by atoms with Crippen molar-refractivity contribution in [3.05, 3.63) is 59.7 Å². The molecule has 0 unspecified atom stereocenters. The second-order valence-electron chi connectivity index (χ2n) is 9.86. The Hall–Kier alpha value is -2.42. The van der Waals surface area contributed by atoms with E-state index in [1.165, 1.54) is 0 Å². The number of aliphatic hydroxyl groups is 1. The summed E-state index contributed by atoms with van der Waals surface area (Å²) in [5.41, 5.74) is 3.65. The van der Waals surface area contributed by atoms with Crippen LogP contribution in [0.2, 0.25) is 0 Å². The van der Waals surface area contributed by atoms with Gasteiger partial charge in [0.15, 0.2) is 0 Å². The molecule has 0 bridgehead atoms. The lowest BCUT2D eigenvalue weighted by Crippen LogP contribution is -2.67. The molecule has 1 N–H and O–H groups in total. The van der Waals surface area contributed by atoms with Gasteiger partial charge < -0.3 is 14.9 Å². The molecule has 0 aliphatic carbocycles. The van der Waals surface area contributed by atoms with Gasteiger partial charge in [-0.05, 0) is 54.8 Å². The second kappa shape index (κ2) is 10.7. The minimum atomic E-state index is -4.15. The van der Waals surface area contributed by atoms with E-state index in [0.29, 0.717) is 18.7 Å². The van der Waals surface area contributed by atoms with E-state index in [4.69, 9.17) is 0 Å². The van der Waals surface area contributed by atoms with Gasteiger partial charge in [0.2, 0.25) is 0 Å². The summed E-state index contributed by atoms with van der Waals surface area (Å²) in [5, 5.41) is 10.1. The number of aliphatic hydroxyl groups excluding tert-OH is 1. The molecule has 1 amide bonds. The van der Waals surface area contributed by atoms with E-state index in [0.717, 1.165) is 36.1 Å². The van der Waals surface area contributed by atoms with Crippen molar-refractivity contribution in [1.82, 2.24) is 14.7 Å². The number of rotatable bonds is 6. The molecular weight excluding hydrogens is 455 g/mol. The number of benzene rings is 2. The molecule has 190 valence electrons. The number of fused-ring (bicyclic) bond motifs is 1. The molecule has 0 spiro atoms. The highest BCUT2D eigenvalue weighted by Crippen LogP contribution is 2.42. The van der Waals surface area contributed by atoms with Crippen LogP contribution in [-0.4, -0.2) is 90.9 Å². The summed E-state index contributed by atoms with van der Waals surface area (Å²) >= 11 is 0. The predicted octanol–water partition coefficient (Wildman–Crippen LogP) is 4.23. The van der Waals surface area contributed by atoms with Crippen LogP contribution in [0.4, 0.5) is 13.2 Å². The van der Waals surface area contributed by atoms with Gasteiger partial charge in [-0.25, -0.2) is 0 Å². The average Bonchev–Trinajstić information content (AvgIpc) is 2.81. The van der Waals surface area contributed by atoms with Crippen LogP contribution in [0.1, 0.15) is 41.1 Å². The van der Waals surface area contributed by atoms with Crippen molar-refractivity contribution in [3.63, 3.8) is 0 Å². The van der Waals surface area contributed by atoms with E-state index in [2.05, 4.69) is 17.0 Å². The molecule has 2 aromatic rings. The van der Waals surface area contributed by atoms with Crippen molar-refractivity contribution in [1.29, 1.82) is 0 Å². The Kier molecular flexibility index (Phi) is 7.83. The standard InChI is InChI=1S/C27H34F3N3O2/c1-31(2)26(35)22-7-5-6-21(16-22)19-8-10-20(11-9-19)25-23-17-32(15-12-27(28,29)30)13-3-4-14-33(23)24(25)18-34/h5-11,16,23-25,34H,3-4,12-15,17-18H2,1-2H3/t23-,24-,25+/m1/s1. The summed E-state index contributed by atoms with van der Waals surface area (Å²) in [4.78, 5) is 18.1. The minimum Gasteiger partial charge on any atom is -0.395 e. The molecule has 2 saturated heterocycles. The summed E-state index contributed by atoms with van der Waals surface area (Å²) < 4.78 is 38.5. The fourth-order valence-electron chi connectivity index (χ4n) is 5.49. The number of amides is 1. The van der Waals surface area contributed by atoms with Crippen molar-refractivity contribution in [2.45, 2.75) is 43.4 Å². The van der Waals surface area contributed by atoms with E-state index in [-0.39, 0.29) is 37.1 Å². The third-order valence-corrected chi connectivity index (χ3v) is 7.31. The Morgan fingerprint density at radius 1 is 1.06 bits per heavy atom. The van der Waals surface area contributed by atoms with Gasteiger partial charge in [0.25, 0.3) is 5.91 Å². The van der Waals surface area contributed by atoms with E-state index in [1.54, 1.807) is 25.1 Å². The molecule has 2 aromatic carbocycles. The summed E-state index contributed by atoms with van der Waals surface area (Å²) in [7, 11) is 3.45. The van der Waals surface area contributed by atoms with Crippen molar-refractivity contribution in [3.8, 4) is 11.1 Å². The smallest absolute Gasteiger partial charge is 0.390 e. The molecular formula is C27H34F3N3O2. The summed E-state index contributed by atoms with van der Waals surface area (Å²) in [6, 6.07) is 15.7. The molecule has 8 heteroatoms. The van der Waals surface area contributed by atoms with E-state index < -0.39 is 12.6 Å². The van der Waals surface area contributed by atoms with E-state index >= 15 is 0 Å². The van der Waals surface area contributed by atoms with Gasteiger partial charge in [0.1, 0.15) is 0 Å². The van der Waals surface area contributed by atoms with Crippen LogP contribution in [0.25, 0.3) is 11.1 Å². The van der Waals surface area contributed by atoms with Gasteiger partial charge in [-0.2, -0.15) is 13.2 Å². The number of nitrogens with zero attached hydrogens (tertiary/aromatic N) is 3. The molecule has 0 radical (unpaired) electrons. The molecule has 35 heavy (non-hydrogen) atoms. The zero-order valence-corrected chi connectivity index (χ0v) is 20.3. The van der Waals surface area contributed by atoms with Crippen LogP contribution in [0.3, 0.4) is 0 Å². The Bertz CT molecular complexity index is 1010. The normalized spacial score (nSPS) is 23.7. The average molecular weight is 490 g/mol. The van der Waals surface area contributed by atoms with Gasteiger partial charge in [-0.15, -0.1) is 0 Å². The van der Waals surface area contributed by atoms with Crippen LogP contribution in [0.15, 0.2) is 48.5 Å². The maximum Gasteiger partial charge on any atom is 0.390 e. The number of alkyl halides is 3. The largest absolute Gasteiger partial charge is 0.395 e. The number of hydrogen-bond donors (Lipinski definition) is 1. The first-order valence-corrected chi connectivity index (χ1v) is 12.3. The number of halogens is 3. The Morgan fingerprint density at radius 2 is 1.77 bits per heavy atom. The zero-order valence-electron chi connectivity index (χ0n) is 20.3. The van der Waals surface area contributed by atoms with Crippen LogP contribution in [-0.2, 0) is 0 Å². The molecule has 2 aliphatic heterocycles. The van der Waals surface area contributed by atoms with Crippen LogP contribution in [0, 0.1) is 0 Å². The highest BCUT2D eigenvalue weighted by atomic mass is 19.4. The van der Waals surface area contributed by atoms with Gasteiger partial charge in [0.05, 0.1) is 13.0 Å². The summed E-state index contributed by atoms with van der Waals surface area (Å²) in [5.74, 6) is 0.0189. The fraction of sp³-hybridized carbons (Fsp3) is 0.519. The van der Waals surface area contributed by atoms with Gasteiger partial charge in [0, 0.05) is 50.7 Å². The molecule has 5 nitrogen and oxygen atoms in total. The maximum absolute atomic E-state index is 12.8. The van der Waals surface area contributed by atoms with Gasteiger partial charge in [-0.3, -0.25) is 9.69 Å². The first kappa shape index (κ1) is 25.7. The van der Waals surface area contributed by atoms with Gasteiger partial charge in [-0.1, -0.05) is 36.4 Å². The number of carbonyl (C=O) groups is 1. The van der Waals surface area contributed by atoms with Crippen LogP contribution in [0.5, 0.6) is 0 Å². The monoisotopic (exact) mass is 489 g/mol. The number of carbonyl (C=O) groups excluding carboxylic acids is 1. The van der Waals surface area contributed by atoms with Gasteiger partial charge >= 0.3 is 6.18 Å². The highest BCUT2D eigenvalue weighted by molar-refractivity contribution is 5.95. The quantitative estimate of drug-likeness (QED) is 0.660. The topological polar surface area (TPSA) is 47.0 Å². The Morgan fingerprint density at radius 3 is 2.43 bits per heavy atom. The van der Waals surface area contributed by atoms with Crippen molar-refractivity contribution in [2.75, 3.05) is 46.9 Å². The maximum atomic E-state index is 12.8. The minimum absolute atomic E-state index is 0.0190. The van der Waals surface area contributed by atoms with Crippen LogP contribution < -0.4 is 0 Å². The number of hydrogen-bond acceptors (Lipinski definition) is 4. The van der Waals surface area contributed by atoms with Crippen molar-refractivity contribution < 1.29 is 23.1 Å².